The molecular formula is C17H27N3S. The van der Waals surface area contributed by atoms with Gasteiger partial charge in [0.15, 0.2) is 5.11 Å². The van der Waals surface area contributed by atoms with Crippen LogP contribution in [0.1, 0.15) is 58.4 Å². The summed E-state index contributed by atoms with van der Waals surface area (Å²) in [6.45, 7) is 8.91. The van der Waals surface area contributed by atoms with E-state index in [9.17, 15) is 0 Å². The Bertz CT molecular complexity index is 459. The average Bonchev–Trinajstić information content (AvgIpc) is 2.43. The normalized spacial score (nSPS) is 23.1. The molecule has 2 atom stereocenters. The molecule has 0 aliphatic carbocycles. The third-order valence-corrected chi connectivity index (χ3v) is 4.45. The van der Waals surface area contributed by atoms with Gasteiger partial charge in [-0.2, -0.15) is 0 Å². The minimum atomic E-state index is 0.525. The van der Waals surface area contributed by atoms with Crippen molar-refractivity contribution in [3.05, 3.63) is 29.8 Å². The topological polar surface area (TPSA) is 27.3 Å². The summed E-state index contributed by atoms with van der Waals surface area (Å²) in [6.07, 6.45) is 3.75. The van der Waals surface area contributed by atoms with Crippen LogP contribution in [0, 0.1) is 0 Å². The summed E-state index contributed by atoms with van der Waals surface area (Å²) >= 11 is 5.44. The summed E-state index contributed by atoms with van der Waals surface area (Å²) in [4.78, 5) is 0. The third-order valence-electron chi connectivity index (χ3n) is 4.26. The Kier molecular flexibility index (Phi) is 5.59. The highest BCUT2D eigenvalue weighted by molar-refractivity contribution is 7.80. The lowest BCUT2D eigenvalue weighted by atomic mass is 10.00. The van der Waals surface area contributed by atoms with Crippen LogP contribution in [0.2, 0.25) is 0 Å². The first-order valence-corrected chi connectivity index (χ1v) is 8.34. The lowest BCUT2D eigenvalue weighted by Crippen LogP contribution is -2.55. The molecule has 116 valence electrons. The predicted octanol–water partition coefficient (Wildman–Crippen LogP) is 4.27. The Hall–Kier alpha value is -1.13. The van der Waals surface area contributed by atoms with E-state index in [1.807, 2.05) is 0 Å². The van der Waals surface area contributed by atoms with Crippen LogP contribution >= 0.6 is 12.2 Å². The summed E-state index contributed by atoms with van der Waals surface area (Å²) < 4.78 is 0. The van der Waals surface area contributed by atoms with E-state index in [0.717, 1.165) is 5.69 Å². The molecule has 0 bridgehead atoms. The van der Waals surface area contributed by atoms with Gasteiger partial charge in [-0.25, -0.2) is 5.01 Å². The smallest absolute Gasteiger partial charge is 0.185 e. The quantitative estimate of drug-likeness (QED) is 0.815. The number of hydrogen-bond donors (Lipinski definition) is 2. The van der Waals surface area contributed by atoms with Crippen LogP contribution in [0.5, 0.6) is 0 Å². The number of nitrogens with one attached hydrogen (secondary N) is 2. The highest BCUT2D eigenvalue weighted by Crippen LogP contribution is 2.21. The summed E-state index contributed by atoms with van der Waals surface area (Å²) in [5.74, 6) is 0.555. The molecule has 4 heteroatoms. The Morgan fingerprint density at radius 2 is 1.71 bits per heavy atom. The summed E-state index contributed by atoms with van der Waals surface area (Å²) in [5.41, 5.74) is 5.74. The second kappa shape index (κ2) is 7.23. The lowest BCUT2D eigenvalue weighted by molar-refractivity contribution is 0.0750. The summed E-state index contributed by atoms with van der Waals surface area (Å²) in [7, 11) is 0. The lowest BCUT2D eigenvalue weighted by Gasteiger charge is -2.39. The van der Waals surface area contributed by atoms with E-state index in [1.165, 1.54) is 24.8 Å². The van der Waals surface area contributed by atoms with Crippen molar-refractivity contribution < 1.29 is 0 Å². The number of thiocarbonyl (C=S) groups is 1. The van der Waals surface area contributed by atoms with E-state index in [0.29, 0.717) is 23.1 Å². The van der Waals surface area contributed by atoms with Gasteiger partial charge in [-0.15, -0.1) is 0 Å². The minimum absolute atomic E-state index is 0.525. The third kappa shape index (κ3) is 4.42. The van der Waals surface area contributed by atoms with Gasteiger partial charge < -0.3 is 5.32 Å². The standard InChI is InChI=1S/C17H27N3S/c1-12(2)15-8-10-16(11-9-15)18-17(21)19-20-13(3)6-5-7-14(20)4/h8-14H,5-7H2,1-4H3,(H2,18,19,21)/t13-,14-/m1/s1. The zero-order chi connectivity index (χ0) is 15.4. The highest BCUT2D eigenvalue weighted by Gasteiger charge is 2.25. The molecule has 1 saturated heterocycles. The molecule has 1 aliphatic heterocycles. The molecule has 1 heterocycles. The fourth-order valence-electron chi connectivity index (χ4n) is 2.87. The fourth-order valence-corrected chi connectivity index (χ4v) is 3.09. The molecule has 0 unspecified atom stereocenters. The maximum absolute atomic E-state index is 5.44. The molecule has 1 aliphatic rings. The van der Waals surface area contributed by atoms with Gasteiger partial charge in [0.2, 0.25) is 0 Å². The first-order chi connectivity index (χ1) is 9.97. The molecule has 0 radical (unpaired) electrons. The van der Waals surface area contributed by atoms with Crippen LogP contribution in [0.25, 0.3) is 0 Å². The van der Waals surface area contributed by atoms with Crippen LogP contribution in [0.3, 0.4) is 0 Å². The Morgan fingerprint density at radius 3 is 2.24 bits per heavy atom. The predicted molar refractivity (Wildman–Crippen MR) is 94.5 cm³/mol. The van der Waals surface area contributed by atoms with Crippen molar-refractivity contribution in [3.63, 3.8) is 0 Å². The molecule has 0 saturated carbocycles. The van der Waals surface area contributed by atoms with E-state index in [4.69, 9.17) is 12.2 Å². The van der Waals surface area contributed by atoms with Gasteiger partial charge in [0.1, 0.15) is 0 Å². The maximum atomic E-state index is 5.44. The molecule has 1 aromatic carbocycles. The number of nitrogens with zero attached hydrogens (tertiary/aromatic N) is 1. The zero-order valence-electron chi connectivity index (χ0n) is 13.5. The molecule has 21 heavy (non-hydrogen) atoms. The monoisotopic (exact) mass is 305 g/mol. The van der Waals surface area contributed by atoms with Crippen LogP contribution in [0.15, 0.2) is 24.3 Å². The van der Waals surface area contributed by atoms with Gasteiger partial charge in [0.05, 0.1) is 0 Å². The van der Waals surface area contributed by atoms with Crippen LogP contribution in [0.4, 0.5) is 5.69 Å². The second-order valence-electron chi connectivity index (χ2n) is 6.38. The fraction of sp³-hybridized carbons (Fsp3) is 0.588. The van der Waals surface area contributed by atoms with E-state index in [-0.39, 0.29) is 0 Å². The van der Waals surface area contributed by atoms with Crippen LogP contribution < -0.4 is 10.7 Å². The van der Waals surface area contributed by atoms with Crippen LogP contribution in [-0.4, -0.2) is 22.2 Å². The van der Waals surface area contributed by atoms with Gasteiger partial charge in [0.25, 0.3) is 0 Å². The molecule has 0 amide bonds. The van der Waals surface area contributed by atoms with E-state index < -0.39 is 0 Å². The number of hydrazine groups is 1. The second-order valence-corrected chi connectivity index (χ2v) is 6.79. The van der Waals surface area contributed by atoms with Gasteiger partial charge in [-0.05, 0) is 62.5 Å². The molecule has 3 nitrogen and oxygen atoms in total. The molecule has 1 fully saturated rings. The van der Waals surface area contributed by atoms with E-state index in [2.05, 4.69) is 67.7 Å². The zero-order valence-corrected chi connectivity index (χ0v) is 14.3. The van der Waals surface area contributed by atoms with Crippen molar-refractivity contribution in [2.45, 2.75) is 65.0 Å². The number of benzene rings is 1. The Balaban J connectivity index is 1.91. The van der Waals surface area contributed by atoms with Gasteiger partial charge >= 0.3 is 0 Å². The number of rotatable bonds is 3. The number of anilines is 1. The molecule has 2 rings (SSSR count). The highest BCUT2D eigenvalue weighted by atomic mass is 32.1. The van der Waals surface area contributed by atoms with E-state index in [1.54, 1.807) is 0 Å². The number of hydrogen-bond acceptors (Lipinski definition) is 2. The van der Waals surface area contributed by atoms with Gasteiger partial charge in [-0.1, -0.05) is 32.4 Å². The molecular weight excluding hydrogens is 278 g/mol. The van der Waals surface area contributed by atoms with Crippen molar-refractivity contribution in [3.8, 4) is 0 Å². The average molecular weight is 305 g/mol. The van der Waals surface area contributed by atoms with Gasteiger partial charge in [0, 0.05) is 17.8 Å². The van der Waals surface area contributed by atoms with E-state index >= 15 is 0 Å². The Labute approximate surface area is 134 Å². The molecule has 0 aromatic heterocycles. The maximum Gasteiger partial charge on any atom is 0.185 e. The van der Waals surface area contributed by atoms with Crippen molar-refractivity contribution in [2.24, 2.45) is 0 Å². The SMILES string of the molecule is CC(C)c1ccc(NC(=S)NN2[C@H](C)CCC[C@H]2C)cc1. The van der Waals surface area contributed by atoms with Crippen molar-refractivity contribution in [2.75, 3.05) is 5.32 Å². The van der Waals surface area contributed by atoms with Crippen LogP contribution in [-0.2, 0) is 0 Å². The summed E-state index contributed by atoms with van der Waals surface area (Å²) in [6, 6.07) is 9.54. The van der Waals surface area contributed by atoms with Gasteiger partial charge in [-0.3, -0.25) is 5.43 Å². The first kappa shape index (κ1) is 16.2. The van der Waals surface area contributed by atoms with Crippen molar-refractivity contribution in [1.29, 1.82) is 0 Å². The molecule has 2 N–H and O–H groups in total. The molecule has 0 spiro atoms. The summed E-state index contributed by atoms with van der Waals surface area (Å²) in [5, 5.41) is 6.23. The number of piperidine rings is 1. The molecule has 1 aromatic rings. The van der Waals surface area contributed by atoms with Crippen molar-refractivity contribution in [1.82, 2.24) is 10.4 Å². The largest absolute Gasteiger partial charge is 0.332 e. The Morgan fingerprint density at radius 1 is 1.14 bits per heavy atom. The minimum Gasteiger partial charge on any atom is -0.332 e. The first-order valence-electron chi connectivity index (χ1n) is 7.93. The van der Waals surface area contributed by atoms with Crippen molar-refractivity contribution >= 4 is 23.0 Å².